The molecule has 0 atom stereocenters. The highest BCUT2D eigenvalue weighted by Gasteiger charge is 2.15. The number of likely N-dealkylation sites (N-methyl/N-ethyl adjacent to an activating group) is 2. The Morgan fingerprint density at radius 3 is 2.47 bits per heavy atom. The second-order valence-corrected chi connectivity index (χ2v) is 7.92. The first-order valence-corrected chi connectivity index (χ1v) is 10.9. The monoisotopic (exact) mass is 442 g/mol. The molecule has 0 saturated carbocycles. The van der Waals surface area contributed by atoms with Gasteiger partial charge in [-0.2, -0.15) is 0 Å². The molecule has 0 saturated heterocycles. The van der Waals surface area contributed by atoms with E-state index in [0.717, 1.165) is 6.54 Å². The Bertz CT molecular complexity index is 886. The highest BCUT2D eigenvalue weighted by molar-refractivity contribution is 5.91. The number of pyridine rings is 1. The van der Waals surface area contributed by atoms with Crippen molar-refractivity contribution in [3.63, 3.8) is 0 Å². The first kappa shape index (κ1) is 25.3. The van der Waals surface area contributed by atoms with E-state index in [2.05, 4.69) is 10.3 Å². The molecule has 2 rings (SSSR count). The minimum Gasteiger partial charge on any atom is -0.487 e. The van der Waals surface area contributed by atoms with Crippen LogP contribution in [0, 0.1) is 0 Å². The van der Waals surface area contributed by atoms with Gasteiger partial charge in [0.05, 0.1) is 23.9 Å². The summed E-state index contributed by atoms with van der Waals surface area (Å²) in [6.07, 6.45) is 1.52. The summed E-state index contributed by atoms with van der Waals surface area (Å²) in [4.78, 5) is 33.2. The van der Waals surface area contributed by atoms with Crippen LogP contribution in [0.4, 0.5) is 0 Å². The van der Waals surface area contributed by atoms with E-state index in [1.807, 2.05) is 50.7 Å². The summed E-state index contributed by atoms with van der Waals surface area (Å²) < 4.78 is 11.2. The number of benzene rings is 1. The predicted octanol–water partition coefficient (Wildman–Crippen LogP) is 2.59. The number of nitrogens with one attached hydrogen (secondary N) is 1. The Morgan fingerprint density at radius 2 is 1.81 bits per heavy atom. The Balaban J connectivity index is 1.93. The van der Waals surface area contributed by atoms with Crippen molar-refractivity contribution in [2.24, 2.45) is 0 Å². The third kappa shape index (κ3) is 8.28. The van der Waals surface area contributed by atoms with E-state index < -0.39 is 5.97 Å². The van der Waals surface area contributed by atoms with Gasteiger partial charge in [-0.1, -0.05) is 12.1 Å². The predicted molar refractivity (Wildman–Crippen MR) is 124 cm³/mol. The van der Waals surface area contributed by atoms with E-state index in [9.17, 15) is 9.59 Å². The Kier molecular flexibility index (Phi) is 10.1. The van der Waals surface area contributed by atoms with Crippen LogP contribution in [0.1, 0.15) is 36.8 Å². The van der Waals surface area contributed by atoms with E-state index >= 15 is 0 Å². The molecule has 8 heteroatoms. The molecular formula is C24H34N4O4. The molecule has 8 nitrogen and oxygen atoms in total. The summed E-state index contributed by atoms with van der Waals surface area (Å²) in [5.41, 5.74) is 1.03. The number of hydrogen-bond acceptors (Lipinski definition) is 7. The van der Waals surface area contributed by atoms with Crippen molar-refractivity contribution >= 4 is 11.9 Å². The van der Waals surface area contributed by atoms with Crippen LogP contribution in [0.25, 0.3) is 0 Å². The van der Waals surface area contributed by atoms with Crippen LogP contribution < -0.4 is 14.8 Å². The number of nitrogens with zero attached hydrogens (tertiary/aromatic N) is 3. The lowest BCUT2D eigenvalue weighted by molar-refractivity contribution is -0.130. The molecule has 0 aliphatic heterocycles. The molecule has 1 amide bonds. The molecule has 0 unspecified atom stereocenters. The quantitative estimate of drug-likeness (QED) is 0.400. The molecule has 0 radical (unpaired) electrons. The fraction of sp³-hybridized carbons (Fsp3) is 0.458. The van der Waals surface area contributed by atoms with E-state index in [4.69, 9.17) is 9.47 Å². The first-order chi connectivity index (χ1) is 15.3. The summed E-state index contributed by atoms with van der Waals surface area (Å²) in [7, 11) is 3.96. The molecule has 1 heterocycles. The topological polar surface area (TPSA) is 84.0 Å². The highest BCUT2D eigenvalue weighted by Crippen LogP contribution is 2.28. The van der Waals surface area contributed by atoms with Crippen LogP contribution in [0.2, 0.25) is 0 Å². The average molecular weight is 443 g/mol. The summed E-state index contributed by atoms with van der Waals surface area (Å²) >= 11 is 0. The van der Waals surface area contributed by atoms with E-state index in [1.54, 1.807) is 36.5 Å². The Hall–Kier alpha value is -2.97. The fourth-order valence-electron chi connectivity index (χ4n) is 2.94. The number of esters is 1. The molecule has 0 aliphatic rings. The lowest BCUT2D eigenvalue weighted by Crippen LogP contribution is -2.41. The zero-order valence-electron chi connectivity index (χ0n) is 19.6. The standard InChI is InChI=1S/C24H34N4O4/c1-6-28(14-13-27(4)5)23(29)17-25-16-20-15-19(11-12-26-20)24(30)32-22-10-8-7-9-21(22)31-18(2)3/h7-12,15,18,25H,6,13-14,16-17H2,1-5H3. The summed E-state index contributed by atoms with van der Waals surface area (Å²) in [5.74, 6) is 0.419. The van der Waals surface area contributed by atoms with Gasteiger partial charge >= 0.3 is 5.97 Å². The lowest BCUT2D eigenvalue weighted by atomic mass is 10.2. The van der Waals surface area contributed by atoms with Crippen molar-refractivity contribution in [2.75, 3.05) is 40.3 Å². The molecule has 0 aliphatic carbocycles. The Morgan fingerprint density at radius 1 is 1.09 bits per heavy atom. The minimum absolute atomic E-state index is 0.0340. The van der Waals surface area contributed by atoms with Crippen molar-refractivity contribution in [2.45, 2.75) is 33.4 Å². The van der Waals surface area contributed by atoms with Gasteiger partial charge in [-0.15, -0.1) is 0 Å². The number of para-hydroxylation sites is 2. The molecule has 32 heavy (non-hydrogen) atoms. The molecule has 2 aromatic rings. The maximum atomic E-state index is 12.7. The van der Waals surface area contributed by atoms with Crippen molar-refractivity contribution in [3.8, 4) is 11.5 Å². The van der Waals surface area contributed by atoms with Gasteiger partial charge in [-0.25, -0.2) is 4.79 Å². The van der Waals surface area contributed by atoms with Gasteiger partial charge < -0.3 is 24.6 Å². The molecule has 0 spiro atoms. The SMILES string of the molecule is CCN(CCN(C)C)C(=O)CNCc1cc(C(=O)Oc2ccccc2OC(C)C)ccn1. The maximum Gasteiger partial charge on any atom is 0.343 e. The van der Waals surface area contributed by atoms with Crippen LogP contribution >= 0.6 is 0 Å². The van der Waals surface area contributed by atoms with Crippen molar-refractivity contribution in [3.05, 3.63) is 53.9 Å². The molecule has 1 N–H and O–H groups in total. The van der Waals surface area contributed by atoms with Crippen LogP contribution in [0.5, 0.6) is 11.5 Å². The fourth-order valence-corrected chi connectivity index (χ4v) is 2.94. The van der Waals surface area contributed by atoms with Gasteiger partial charge in [-0.3, -0.25) is 9.78 Å². The molecule has 1 aromatic carbocycles. The summed E-state index contributed by atoms with van der Waals surface area (Å²) in [5, 5.41) is 3.11. The molecule has 174 valence electrons. The van der Waals surface area contributed by atoms with Gasteiger partial charge in [0.2, 0.25) is 5.91 Å². The number of rotatable bonds is 12. The van der Waals surface area contributed by atoms with Crippen LogP contribution in [0.3, 0.4) is 0 Å². The van der Waals surface area contributed by atoms with Crippen LogP contribution in [-0.2, 0) is 11.3 Å². The average Bonchev–Trinajstić information content (AvgIpc) is 2.75. The second kappa shape index (κ2) is 12.8. The number of ether oxygens (including phenoxy) is 2. The van der Waals surface area contributed by atoms with Gasteiger partial charge in [0.15, 0.2) is 11.5 Å². The molecule has 1 aromatic heterocycles. The molecule has 0 fully saturated rings. The van der Waals surface area contributed by atoms with E-state index in [-0.39, 0.29) is 18.6 Å². The third-order valence-electron chi connectivity index (χ3n) is 4.60. The lowest BCUT2D eigenvalue weighted by Gasteiger charge is -2.23. The van der Waals surface area contributed by atoms with Gasteiger partial charge in [-0.05, 0) is 59.1 Å². The summed E-state index contributed by atoms with van der Waals surface area (Å²) in [6.45, 7) is 8.52. The maximum absolute atomic E-state index is 12.7. The molecular weight excluding hydrogens is 408 g/mol. The zero-order chi connectivity index (χ0) is 23.5. The zero-order valence-corrected chi connectivity index (χ0v) is 19.6. The van der Waals surface area contributed by atoms with Crippen molar-refractivity contribution in [1.82, 2.24) is 20.1 Å². The van der Waals surface area contributed by atoms with Gasteiger partial charge in [0, 0.05) is 32.4 Å². The normalized spacial score (nSPS) is 11.0. The van der Waals surface area contributed by atoms with Crippen LogP contribution in [0.15, 0.2) is 42.6 Å². The molecule has 0 bridgehead atoms. The van der Waals surface area contributed by atoms with E-state index in [1.165, 1.54) is 0 Å². The summed E-state index contributed by atoms with van der Waals surface area (Å²) in [6, 6.07) is 10.3. The number of hydrogen-bond donors (Lipinski definition) is 1. The van der Waals surface area contributed by atoms with E-state index in [0.29, 0.717) is 42.4 Å². The largest absolute Gasteiger partial charge is 0.487 e. The second-order valence-electron chi connectivity index (χ2n) is 7.92. The highest BCUT2D eigenvalue weighted by atomic mass is 16.6. The minimum atomic E-state index is -0.495. The van der Waals surface area contributed by atoms with Gasteiger partial charge in [0.1, 0.15) is 0 Å². The number of aromatic nitrogens is 1. The van der Waals surface area contributed by atoms with Crippen molar-refractivity contribution in [1.29, 1.82) is 0 Å². The van der Waals surface area contributed by atoms with Crippen molar-refractivity contribution < 1.29 is 19.1 Å². The number of amides is 1. The number of carbonyl (C=O) groups excluding carboxylic acids is 2. The first-order valence-electron chi connectivity index (χ1n) is 10.9. The van der Waals surface area contributed by atoms with Crippen LogP contribution in [-0.4, -0.2) is 73.0 Å². The van der Waals surface area contributed by atoms with Gasteiger partial charge in [0.25, 0.3) is 0 Å². The smallest absolute Gasteiger partial charge is 0.343 e. The third-order valence-corrected chi connectivity index (χ3v) is 4.60. The number of carbonyl (C=O) groups is 2. The Labute approximate surface area is 190 Å².